The molecule has 1 amide bonds. The van der Waals surface area contributed by atoms with Crippen LogP contribution in [0.1, 0.15) is 27.3 Å². The van der Waals surface area contributed by atoms with Gasteiger partial charge in [-0.25, -0.2) is 0 Å². The van der Waals surface area contributed by atoms with Gasteiger partial charge in [0.2, 0.25) is 5.91 Å². The maximum absolute atomic E-state index is 11.3. The lowest BCUT2D eigenvalue weighted by Crippen LogP contribution is -2.03. The Morgan fingerprint density at radius 3 is 2.94 bits per heavy atom. The number of fused-ring (bicyclic) bond motifs is 1. The highest BCUT2D eigenvalue weighted by Gasteiger charge is 2.21. The summed E-state index contributed by atoms with van der Waals surface area (Å²) < 4.78 is 5.32. The molecular formula is C14H12BrNO2. The lowest BCUT2D eigenvalue weighted by molar-refractivity contribution is -0.115. The number of halogens is 1. The Hall–Kier alpha value is -1.55. The summed E-state index contributed by atoms with van der Waals surface area (Å²) in [6.07, 6.45) is 2.16. The Kier molecular flexibility index (Phi) is 2.74. The van der Waals surface area contributed by atoms with E-state index in [0.29, 0.717) is 6.42 Å². The number of carbonyl (C=O) groups is 1. The van der Waals surface area contributed by atoms with E-state index in [9.17, 15) is 4.79 Å². The number of alkyl halides is 1. The van der Waals surface area contributed by atoms with Gasteiger partial charge in [-0.3, -0.25) is 4.79 Å². The van der Waals surface area contributed by atoms with Gasteiger partial charge in [0.05, 0.1) is 17.5 Å². The SMILES string of the molecule is Cc1occc1C(Br)c1ccc2c(c1)CC(=O)N2. The summed E-state index contributed by atoms with van der Waals surface area (Å²) in [6.45, 7) is 1.95. The van der Waals surface area contributed by atoms with Crippen molar-refractivity contribution in [2.45, 2.75) is 18.2 Å². The molecule has 3 rings (SSSR count). The smallest absolute Gasteiger partial charge is 0.228 e. The zero-order valence-corrected chi connectivity index (χ0v) is 11.5. The highest BCUT2D eigenvalue weighted by molar-refractivity contribution is 9.09. The average Bonchev–Trinajstić information content (AvgIpc) is 2.91. The van der Waals surface area contributed by atoms with Gasteiger partial charge in [0.25, 0.3) is 0 Å². The summed E-state index contributed by atoms with van der Waals surface area (Å²) in [4.78, 5) is 11.4. The molecule has 1 atom stereocenters. The van der Waals surface area contributed by atoms with E-state index < -0.39 is 0 Å². The van der Waals surface area contributed by atoms with E-state index >= 15 is 0 Å². The third kappa shape index (κ3) is 1.86. The summed E-state index contributed by atoms with van der Waals surface area (Å²) in [6, 6.07) is 8.01. The zero-order chi connectivity index (χ0) is 12.7. The van der Waals surface area contributed by atoms with Gasteiger partial charge in [-0.05, 0) is 30.2 Å². The zero-order valence-electron chi connectivity index (χ0n) is 9.87. The molecule has 0 saturated heterocycles. The van der Waals surface area contributed by atoms with Gasteiger partial charge in [-0.15, -0.1) is 0 Å². The van der Waals surface area contributed by atoms with Gasteiger partial charge in [-0.1, -0.05) is 28.1 Å². The molecule has 2 aromatic rings. The number of amides is 1. The summed E-state index contributed by atoms with van der Waals surface area (Å²) in [5, 5.41) is 2.84. The van der Waals surface area contributed by atoms with E-state index in [0.717, 1.165) is 28.1 Å². The Bertz CT molecular complexity index is 618. The maximum atomic E-state index is 11.3. The van der Waals surface area contributed by atoms with Crippen molar-refractivity contribution in [3.05, 3.63) is 53.0 Å². The lowest BCUT2D eigenvalue weighted by Gasteiger charge is -2.10. The van der Waals surface area contributed by atoms with Crippen molar-refractivity contribution in [3.8, 4) is 0 Å². The van der Waals surface area contributed by atoms with Crippen LogP contribution in [0, 0.1) is 6.92 Å². The number of rotatable bonds is 2. The molecule has 1 aromatic carbocycles. The second-order valence-electron chi connectivity index (χ2n) is 4.44. The number of benzene rings is 1. The first-order chi connectivity index (χ1) is 8.65. The molecule has 1 unspecified atom stereocenters. The van der Waals surface area contributed by atoms with Gasteiger partial charge in [0, 0.05) is 11.3 Å². The second-order valence-corrected chi connectivity index (χ2v) is 5.35. The van der Waals surface area contributed by atoms with Crippen LogP contribution in [0.4, 0.5) is 5.69 Å². The molecule has 1 aliphatic rings. The van der Waals surface area contributed by atoms with Crippen molar-refractivity contribution in [1.82, 2.24) is 0 Å². The molecule has 0 aliphatic carbocycles. The molecule has 2 heterocycles. The number of nitrogens with one attached hydrogen (secondary N) is 1. The maximum Gasteiger partial charge on any atom is 0.228 e. The first-order valence-corrected chi connectivity index (χ1v) is 6.67. The minimum Gasteiger partial charge on any atom is -0.469 e. The van der Waals surface area contributed by atoms with Crippen molar-refractivity contribution < 1.29 is 9.21 Å². The Morgan fingerprint density at radius 2 is 2.22 bits per heavy atom. The predicted molar refractivity (Wildman–Crippen MR) is 73.0 cm³/mol. The molecule has 1 aliphatic heterocycles. The third-order valence-electron chi connectivity index (χ3n) is 3.22. The van der Waals surface area contributed by atoms with E-state index in [-0.39, 0.29) is 10.7 Å². The molecule has 1 N–H and O–H groups in total. The minimum absolute atomic E-state index is 0.0627. The van der Waals surface area contributed by atoms with Crippen molar-refractivity contribution in [2.24, 2.45) is 0 Å². The number of hydrogen-bond acceptors (Lipinski definition) is 2. The lowest BCUT2D eigenvalue weighted by atomic mass is 10.0. The molecule has 18 heavy (non-hydrogen) atoms. The highest BCUT2D eigenvalue weighted by Crippen LogP contribution is 2.36. The van der Waals surface area contributed by atoms with Crippen LogP contribution < -0.4 is 5.32 Å². The third-order valence-corrected chi connectivity index (χ3v) is 4.24. The molecule has 4 heteroatoms. The molecule has 3 nitrogen and oxygen atoms in total. The molecule has 0 bridgehead atoms. The first-order valence-electron chi connectivity index (χ1n) is 5.76. The van der Waals surface area contributed by atoms with Crippen LogP contribution in [0.25, 0.3) is 0 Å². The second kappa shape index (κ2) is 4.28. The van der Waals surface area contributed by atoms with Crippen LogP contribution in [0.3, 0.4) is 0 Å². The molecule has 1 aromatic heterocycles. The monoisotopic (exact) mass is 305 g/mol. The number of furan rings is 1. The first kappa shape index (κ1) is 11.5. The number of anilines is 1. The van der Waals surface area contributed by atoms with E-state index in [4.69, 9.17) is 4.42 Å². The van der Waals surface area contributed by atoms with E-state index in [1.54, 1.807) is 6.26 Å². The summed E-state index contributed by atoms with van der Waals surface area (Å²) >= 11 is 3.68. The van der Waals surface area contributed by atoms with Crippen LogP contribution in [0.2, 0.25) is 0 Å². The quantitative estimate of drug-likeness (QED) is 0.862. The van der Waals surface area contributed by atoms with Crippen molar-refractivity contribution in [1.29, 1.82) is 0 Å². The Labute approximate surface area is 113 Å². The van der Waals surface area contributed by atoms with Crippen molar-refractivity contribution >= 4 is 27.5 Å². The number of carbonyl (C=O) groups excluding carboxylic acids is 1. The fourth-order valence-electron chi connectivity index (χ4n) is 2.24. The highest BCUT2D eigenvalue weighted by atomic mass is 79.9. The van der Waals surface area contributed by atoms with E-state index in [1.807, 2.05) is 25.1 Å². The van der Waals surface area contributed by atoms with Crippen LogP contribution >= 0.6 is 15.9 Å². The van der Waals surface area contributed by atoms with Gasteiger partial charge in [-0.2, -0.15) is 0 Å². The van der Waals surface area contributed by atoms with Crippen molar-refractivity contribution in [3.63, 3.8) is 0 Å². The fraction of sp³-hybridized carbons (Fsp3) is 0.214. The van der Waals surface area contributed by atoms with Gasteiger partial charge in [0.15, 0.2) is 0 Å². The molecule has 0 spiro atoms. The topological polar surface area (TPSA) is 42.2 Å². The van der Waals surface area contributed by atoms with Crippen LogP contribution in [0.15, 0.2) is 34.9 Å². The van der Waals surface area contributed by atoms with Gasteiger partial charge < -0.3 is 9.73 Å². The van der Waals surface area contributed by atoms with Crippen LogP contribution in [-0.4, -0.2) is 5.91 Å². The van der Waals surface area contributed by atoms with Gasteiger partial charge >= 0.3 is 0 Å². The molecule has 0 radical (unpaired) electrons. The largest absolute Gasteiger partial charge is 0.469 e. The molecule has 0 fully saturated rings. The average molecular weight is 306 g/mol. The van der Waals surface area contributed by atoms with Gasteiger partial charge in [0.1, 0.15) is 5.76 Å². The Balaban J connectivity index is 1.97. The molecule has 0 saturated carbocycles. The van der Waals surface area contributed by atoms with E-state index in [2.05, 4.69) is 27.3 Å². The van der Waals surface area contributed by atoms with E-state index in [1.165, 1.54) is 0 Å². The molecular weight excluding hydrogens is 294 g/mol. The molecule has 92 valence electrons. The van der Waals surface area contributed by atoms with Crippen molar-refractivity contribution in [2.75, 3.05) is 5.32 Å². The fourth-order valence-corrected chi connectivity index (χ4v) is 3.00. The summed E-state index contributed by atoms with van der Waals surface area (Å²) in [7, 11) is 0. The summed E-state index contributed by atoms with van der Waals surface area (Å²) in [5.41, 5.74) is 4.23. The normalized spacial score (nSPS) is 15.3. The van der Waals surface area contributed by atoms with Crippen LogP contribution in [-0.2, 0) is 11.2 Å². The Morgan fingerprint density at radius 1 is 1.39 bits per heavy atom. The predicted octanol–water partition coefficient (Wildman–Crippen LogP) is 3.57. The minimum atomic E-state index is 0.0627. The van der Waals surface area contributed by atoms with Crippen LogP contribution in [0.5, 0.6) is 0 Å². The number of aryl methyl sites for hydroxylation is 1. The summed E-state index contributed by atoms with van der Waals surface area (Å²) in [5.74, 6) is 0.972. The number of hydrogen-bond donors (Lipinski definition) is 1. The standard InChI is InChI=1S/C14H12BrNO2/c1-8-11(4-5-18-8)14(15)9-2-3-12-10(6-9)7-13(17)16-12/h2-6,14H,7H2,1H3,(H,16,17).